The van der Waals surface area contributed by atoms with E-state index in [0.717, 1.165) is 36.8 Å². The minimum atomic E-state index is -0.704. The molecule has 2 N–H and O–H groups in total. The van der Waals surface area contributed by atoms with E-state index in [0.29, 0.717) is 28.6 Å². The standard InChI is InChI=1S/C40H39N5O6/c1-26(2)44(24-28-8-7-9-30(20-28)45-19-17-41-25-45)18-16-27-12-14-29(15-13-27)42-39(47)32-21-36(49-3)37(50-4)22-33(32)43-40(48)38-23-34(46)31-10-5-6-11-35(31)51-38/h5-15,17,19-23,25-26H,16,18,24H2,1-4H3,(H,42,47)(H,43,48). The summed E-state index contributed by atoms with van der Waals surface area (Å²) in [5.41, 5.74) is 4.19. The summed E-state index contributed by atoms with van der Waals surface area (Å²) >= 11 is 0. The Balaban J connectivity index is 1.14. The number of hydrogen-bond donors (Lipinski definition) is 2. The van der Waals surface area contributed by atoms with Crippen LogP contribution in [0.5, 0.6) is 11.5 Å². The molecule has 260 valence electrons. The topological polar surface area (TPSA) is 128 Å². The monoisotopic (exact) mass is 685 g/mol. The Morgan fingerprint density at radius 3 is 2.35 bits per heavy atom. The molecule has 6 rings (SSSR count). The van der Waals surface area contributed by atoms with Crippen LogP contribution >= 0.6 is 0 Å². The minimum Gasteiger partial charge on any atom is -0.493 e. The van der Waals surface area contributed by atoms with Crippen LogP contribution in [0.3, 0.4) is 0 Å². The molecule has 0 aliphatic carbocycles. The maximum absolute atomic E-state index is 13.7. The van der Waals surface area contributed by atoms with Crippen molar-refractivity contribution in [3.8, 4) is 17.2 Å². The van der Waals surface area contributed by atoms with E-state index in [1.165, 1.54) is 31.9 Å². The molecule has 11 nitrogen and oxygen atoms in total. The number of hydrogen-bond acceptors (Lipinski definition) is 8. The fraction of sp³-hybridized carbons (Fsp3) is 0.200. The van der Waals surface area contributed by atoms with Crippen molar-refractivity contribution in [1.29, 1.82) is 0 Å². The third-order valence-corrected chi connectivity index (χ3v) is 8.60. The first-order chi connectivity index (χ1) is 24.7. The van der Waals surface area contributed by atoms with Gasteiger partial charge in [-0.15, -0.1) is 0 Å². The SMILES string of the molecule is COc1cc(NC(=O)c2cc(=O)c3ccccc3o2)c(C(=O)Nc2ccc(CCN(Cc3cccc(-n4ccnc4)c3)C(C)C)cc2)cc1OC. The first kappa shape index (κ1) is 34.7. The number of amides is 2. The van der Waals surface area contributed by atoms with Crippen LogP contribution in [0.4, 0.5) is 11.4 Å². The van der Waals surface area contributed by atoms with Crippen molar-refractivity contribution >= 4 is 34.2 Å². The Morgan fingerprint density at radius 1 is 0.863 bits per heavy atom. The van der Waals surface area contributed by atoms with Gasteiger partial charge in [-0.05, 0) is 73.9 Å². The molecule has 0 aliphatic rings. The molecule has 0 atom stereocenters. The van der Waals surface area contributed by atoms with E-state index in [1.807, 2.05) is 35.0 Å². The average Bonchev–Trinajstić information content (AvgIpc) is 3.69. The van der Waals surface area contributed by atoms with Gasteiger partial charge >= 0.3 is 0 Å². The Hall–Kier alpha value is -6.20. The average molecular weight is 686 g/mol. The smallest absolute Gasteiger partial charge is 0.291 e. The highest BCUT2D eigenvalue weighted by atomic mass is 16.5. The van der Waals surface area contributed by atoms with Gasteiger partial charge in [0.15, 0.2) is 22.7 Å². The number of nitrogens with zero attached hydrogens (tertiary/aromatic N) is 3. The number of ether oxygens (including phenoxy) is 2. The minimum absolute atomic E-state index is 0.123. The molecule has 11 heteroatoms. The van der Waals surface area contributed by atoms with Crippen molar-refractivity contribution in [3.05, 3.63) is 142 Å². The van der Waals surface area contributed by atoms with Crippen LogP contribution in [0.15, 0.2) is 119 Å². The summed E-state index contributed by atoms with van der Waals surface area (Å²) in [5, 5.41) is 5.98. The molecule has 2 aromatic heterocycles. The van der Waals surface area contributed by atoms with E-state index in [-0.39, 0.29) is 28.0 Å². The van der Waals surface area contributed by atoms with Crippen LogP contribution in [0.25, 0.3) is 16.7 Å². The summed E-state index contributed by atoms with van der Waals surface area (Å²) < 4.78 is 18.6. The quantitative estimate of drug-likeness (QED) is 0.134. The van der Waals surface area contributed by atoms with E-state index in [2.05, 4.69) is 58.6 Å². The van der Waals surface area contributed by atoms with Crippen LogP contribution < -0.4 is 25.5 Å². The predicted octanol–water partition coefficient (Wildman–Crippen LogP) is 6.95. The van der Waals surface area contributed by atoms with E-state index in [1.54, 1.807) is 36.8 Å². The zero-order valence-corrected chi connectivity index (χ0v) is 28.9. The second kappa shape index (κ2) is 15.6. The summed E-state index contributed by atoms with van der Waals surface area (Å²) in [6, 6.07) is 27.3. The molecule has 6 aromatic rings. The van der Waals surface area contributed by atoms with Crippen LogP contribution in [0.2, 0.25) is 0 Å². The molecule has 0 bridgehead atoms. The van der Waals surface area contributed by atoms with E-state index < -0.39 is 11.8 Å². The Bertz CT molecular complexity index is 2210. The number of methoxy groups -OCH3 is 2. The van der Waals surface area contributed by atoms with Crippen molar-refractivity contribution in [3.63, 3.8) is 0 Å². The Kier molecular flexibility index (Phi) is 10.6. The number of benzene rings is 4. The van der Waals surface area contributed by atoms with Crippen molar-refractivity contribution in [1.82, 2.24) is 14.5 Å². The molecule has 0 unspecified atom stereocenters. The van der Waals surface area contributed by atoms with Crippen LogP contribution in [0.1, 0.15) is 45.9 Å². The molecular formula is C40H39N5O6. The predicted molar refractivity (Wildman–Crippen MR) is 197 cm³/mol. The van der Waals surface area contributed by atoms with Gasteiger partial charge in [0.1, 0.15) is 5.58 Å². The van der Waals surface area contributed by atoms with Gasteiger partial charge in [-0.1, -0.05) is 36.4 Å². The number of aromatic nitrogens is 2. The number of imidazole rings is 1. The van der Waals surface area contributed by atoms with Gasteiger partial charge in [-0.2, -0.15) is 0 Å². The van der Waals surface area contributed by atoms with Crippen LogP contribution in [-0.2, 0) is 13.0 Å². The number of para-hydroxylation sites is 1. The van der Waals surface area contributed by atoms with Gasteiger partial charge in [0.05, 0.1) is 37.2 Å². The molecule has 51 heavy (non-hydrogen) atoms. The summed E-state index contributed by atoms with van der Waals surface area (Å²) in [7, 11) is 2.91. The van der Waals surface area contributed by atoms with Gasteiger partial charge in [0, 0.05) is 55.0 Å². The number of nitrogens with one attached hydrogen (secondary N) is 2. The largest absolute Gasteiger partial charge is 0.493 e. The first-order valence-corrected chi connectivity index (χ1v) is 16.5. The summed E-state index contributed by atoms with van der Waals surface area (Å²) in [5.74, 6) is -0.784. The third kappa shape index (κ3) is 8.17. The third-order valence-electron chi connectivity index (χ3n) is 8.60. The highest BCUT2D eigenvalue weighted by Crippen LogP contribution is 2.34. The number of carbonyl (C=O) groups is 2. The van der Waals surface area contributed by atoms with Crippen molar-refractivity contribution in [2.24, 2.45) is 0 Å². The molecule has 0 aliphatic heterocycles. The lowest BCUT2D eigenvalue weighted by Gasteiger charge is -2.27. The highest BCUT2D eigenvalue weighted by molar-refractivity contribution is 6.12. The normalized spacial score (nSPS) is 11.2. The van der Waals surface area contributed by atoms with Gasteiger partial charge in [-0.3, -0.25) is 19.3 Å². The fourth-order valence-corrected chi connectivity index (χ4v) is 5.78. The molecule has 2 amide bonds. The molecule has 2 heterocycles. The lowest BCUT2D eigenvalue weighted by Crippen LogP contribution is -2.32. The van der Waals surface area contributed by atoms with Gasteiger partial charge in [0.25, 0.3) is 11.8 Å². The number of anilines is 2. The zero-order chi connectivity index (χ0) is 35.9. The Morgan fingerprint density at radius 2 is 1.63 bits per heavy atom. The van der Waals surface area contributed by atoms with Crippen LogP contribution in [-0.4, -0.2) is 53.1 Å². The zero-order valence-electron chi connectivity index (χ0n) is 28.9. The van der Waals surface area contributed by atoms with Crippen molar-refractivity contribution in [2.45, 2.75) is 32.9 Å². The molecule has 0 spiro atoms. The number of carbonyl (C=O) groups excluding carboxylic acids is 2. The van der Waals surface area contributed by atoms with Crippen LogP contribution in [0, 0.1) is 0 Å². The second-order valence-corrected chi connectivity index (χ2v) is 12.3. The van der Waals surface area contributed by atoms with E-state index in [4.69, 9.17) is 13.9 Å². The Labute approximate surface area is 295 Å². The fourth-order valence-electron chi connectivity index (χ4n) is 5.78. The molecule has 0 saturated carbocycles. The van der Waals surface area contributed by atoms with Crippen molar-refractivity contribution in [2.75, 3.05) is 31.4 Å². The molecular weight excluding hydrogens is 646 g/mol. The number of fused-ring (bicyclic) bond motifs is 1. The molecule has 0 radical (unpaired) electrons. The van der Waals surface area contributed by atoms with Gasteiger partial charge < -0.3 is 29.1 Å². The highest BCUT2D eigenvalue weighted by Gasteiger charge is 2.21. The van der Waals surface area contributed by atoms with Gasteiger partial charge in [0.2, 0.25) is 0 Å². The second-order valence-electron chi connectivity index (χ2n) is 12.3. The maximum Gasteiger partial charge on any atom is 0.291 e. The molecule has 0 saturated heterocycles. The van der Waals surface area contributed by atoms with E-state index >= 15 is 0 Å². The number of rotatable bonds is 13. The maximum atomic E-state index is 13.7. The summed E-state index contributed by atoms with van der Waals surface area (Å²) in [6.07, 6.45) is 6.33. The van der Waals surface area contributed by atoms with Crippen molar-refractivity contribution < 1.29 is 23.5 Å². The lowest BCUT2D eigenvalue weighted by atomic mass is 10.1. The molecule has 4 aromatic carbocycles. The summed E-state index contributed by atoms with van der Waals surface area (Å²) in [4.78, 5) is 46.2. The van der Waals surface area contributed by atoms with Gasteiger partial charge in [-0.25, -0.2) is 4.98 Å². The summed E-state index contributed by atoms with van der Waals surface area (Å²) in [6.45, 7) is 6.05. The lowest BCUT2D eigenvalue weighted by molar-refractivity contribution is 0.0997. The molecule has 0 fully saturated rings. The first-order valence-electron chi connectivity index (χ1n) is 16.5. The van der Waals surface area contributed by atoms with E-state index in [9.17, 15) is 14.4 Å².